The number of rotatable bonds is 5. The van der Waals surface area contributed by atoms with Crippen LogP contribution in [0.1, 0.15) is 31.9 Å². The minimum absolute atomic E-state index is 0.00350. The number of sulfonamides is 1. The van der Waals surface area contributed by atoms with Gasteiger partial charge in [-0.25, -0.2) is 12.7 Å². The SMILES string of the molecule is CN(CCc1c[nH]c2ccccc12)S(=O)(=O)c1ccc(C(C)(C)C)cc1. The largest absolute Gasteiger partial charge is 0.361 e. The molecule has 0 spiro atoms. The molecule has 1 heterocycles. The molecule has 3 aromatic rings. The summed E-state index contributed by atoms with van der Waals surface area (Å²) in [5.74, 6) is 0. The molecule has 2 aromatic carbocycles. The molecule has 0 atom stereocenters. The van der Waals surface area contributed by atoms with Gasteiger partial charge in [-0.15, -0.1) is 0 Å². The molecule has 3 rings (SSSR count). The van der Waals surface area contributed by atoms with Gasteiger partial charge in [0, 0.05) is 30.7 Å². The lowest BCUT2D eigenvalue weighted by molar-refractivity contribution is 0.473. The summed E-state index contributed by atoms with van der Waals surface area (Å²) in [5, 5.41) is 1.15. The van der Waals surface area contributed by atoms with E-state index in [1.54, 1.807) is 19.2 Å². The van der Waals surface area contributed by atoms with Crippen molar-refractivity contribution in [2.45, 2.75) is 37.5 Å². The third-order valence-electron chi connectivity index (χ3n) is 4.80. The zero-order valence-corrected chi connectivity index (χ0v) is 16.6. The van der Waals surface area contributed by atoms with Gasteiger partial charge in [-0.1, -0.05) is 51.1 Å². The molecule has 0 saturated heterocycles. The number of H-pyrrole nitrogens is 1. The quantitative estimate of drug-likeness (QED) is 0.727. The molecule has 0 aliphatic heterocycles. The van der Waals surface area contributed by atoms with Gasteiger partial charge in [0.1, 0.15) is 0 Å². The maximum Gasteiger partial charge on any atom is 0.242 e. The summed E-state index contributed by atoms with van der Waals surface area (Å²) in [5.41, 5.74) is 3.33. The molecule has 138 valence electrons. The summed E-state index contributed by atoms with van der Waals surface area (Å²) < 4.78 is 27.1. The van der Waals surface area contributed by atoms with Crippen molar-refractivity contribution in [2.24, 2.45) is 0 Å². The Balaban J connectivity index is 1.75. The fourth-order valence-corrected chi connectivity index (χ4v) is 4.21. The second kappa shape index (κ2) is 6.89. The van der Waals surface area contributed by atoms with Crippen molar-refractivity contribution in [2.75, 3.05) is 13.6 Å². The average molecular weight is 371 g/mol. The highest BCUT2D eigenvalue weighted by molar-refractivity contribution is 7.89. The number of benzene rings is 2. The summed E-state index contributed by atoms with van der Waals surface area (Å²) in [4.78, 5) is 3.57. The molecule has 5 heteroatoms. The zero-order chi connectivity index (χ0) is 18.9. The number of aromatic nitrogens is 1. The average Bonchev–Trinajstić information content (AvgIpc) is 3.02. The molecule has 0 saturated carbocycles. The van der Waals surface area contributed by atoms with Gasteiger partial charge in [-0.05, 0) is 41.2 Å². The standard InChI is InChI=1S/C21H26N2O2S/c1-21(2,3)17-9-11-18(12-10-17)26(24,25)23(4)14-13-16-15-22-20-8-6-5-7-19(16)20/h5-12,15,22H,13-14H2,1-4H3. The second-order valence-electron chi connectivity index (χ2n) is 7.71. The van der Waals surface area contributed by atoms with Crippen LogP contribution in [0.3, 0.4) is 0 Å². The van der Waals surface area contributed by atoms with E-state index in [0.717, 1.165) is 22.0 Å². The van der Waals surface area contributed by atoms with Crippen molar-refractivity contribution in [3.63, 3.8) is 0 Å². The topological polar surface area (TPSA) is 53.2 Å². The lowest BCUT2D eigenvalue weighted by atomic mass is 9.87. The van der Waals surface area contributed by atoms with E-state index in [4.69, 9.17) is 0 Å². The molecule has 0 bridgehead atoms. The van der Waals surface area contributed by atoms with Crippen LogP contribution in [0.25, 0.3) is 10.9 Å². The smallest absolute Gasteiger partial charge is 0.242 e. The van der Waals surface area contributed by atoms with Crippen LogP contribution in [-0.2, 0) is 21.9 Å². The van der Waals surface area contributed by atoms with Crippen LogP contribution in [0.5, 0.6) is 0 Å². The van der Waals surface area contributed by atoms with Crippen LogP contribution in [0, 0.1) is 0 Å². The van der Waals surface area contributed by atoms with Crippen LogP contribution in [-0.4, -0.2) is 31.3 Å². The van der Waals surface area contributed by atoms with Crippen molar-refractivity contribution in [3.05, 3.63) is 65.9 Å². The van der Waals surface area contributed by atoms with Gasteiger partial charge in [0.25, 0.3) is 0 Å². The number of nitrogens with one attached hydrogen (secondary N) is 1. The van der Waals surface area contributed by atoms with Crippen LogP contribution in [0.2, 0.25) is 0 Å². The number of hydrogen-bond donors (Lipinski definition) is 1. The second-order valence-corrected chi connectivity index (χ2v) is 9.76. The molecule has 4 nitrogen and oxygen atoms in total. The van der Waals surface area contributed by atoms with E-state index >= 15 is 0 Å². The Hall–Kier alpha value is -2.11. The first kappa shape index (κ1) is 18.7. The highest BCUT2D eigenvalue weighted by Gasteiger charge is 2.22. The molecule has 0 aliphatic rings. The molecule has 1 aromatic heterocycles. The predicted octanol–water partition coefficient (Wildman–Crippen LogP) is 4.33. The highest BCUT2D eigenvalue weighted by Crippen LogP contribution is 2.25. The number of likely N-dealkylation sites (N-methyl/N-ethyl adjacent to an activating group) is 1. The molecule has 0 radical (unpaired) electrons. The van der Waals surface area contributed by atoms with E-state index in [2.05, 4.69) is 31.8 Å². The van der Waals surface area contributed by atoms with Crippen molar-refractivity contribution < 1.29 is 8.42 Å². The van der Waals surface area contributed by atoms with E-state index < -0.39 is 10.0 Å². The Morgan fingerprint density at radius 3 is 2.31 bits per heavy atom. The van der Waals surface area contributed by atoms with Crippen LogP contribution < -0.4 is 0 Å². The number of nitrogens with zero attached hydrogens (tertiary/aromatic N) is 1. The molecule has 0 unspecified atom stereocenters. The normalized spacial score (nSPS) is 12.8. The zero-order valence-electron chi connectivity index (χ0n) is 15.8. The summed E-state index contributed by atoms with van der Waals surface area (Å²) >= 11 is 0. The van der Waals surface area contributed by atoms with Gasteiger partial charge in [-0.2, -0.15) is 0 Å². The van der Waals surface area contributed by atoms with Gasteiger partial charge in [-0.3, -0.25) is 0 Å². The van der Waals surface area contributed by atoms with E-state index in [1.165, 1.54) is 4.31 Å². The van der Waals surface area contributed by atoms with Crippen molar-refractivity contribution in [1.82, 2.24) is 9.29 Å². The first-order chi connectivity index (χ1) is 12.2. The number of fused-ring (bicyclic) bond motifs is 1. The maximum absolute atomic E-state index is 12.8. The number of aromatic amines is 1. The Kier molecular flexibility index (Phi) is 4.95. The Morgan fingerprint density at radius 2 is 1.65 bits per heavy atom. The predicted molar refractivity (Wildman–Crippen MR) is 107 cm³/mol. The fourth-order valence-electron chi connectivity index (χ4n) is 3.04. The lowest BCUT2D eigenvalue weighted by Crippen LogP contribution is -2.29. The van der Waals surface area contributed by atoms with Crippen LogP contribution in [0.15, 0.2) is 59.6 Å². The number of para-hydroxylation sites is 1. The first-order valence-corrected chi connectivity index (χ1v) is 10.3. The Morgan fingerprint density at radius 1 is 1.00 bits per heavy atom. The molecule has 0 fully saturated rings. The van der Waals surface area contributed by atoms with E-state index in [9.17, 15) is 8.42 Å². The number of hydrogen-bond acceptors (Lipinski definition) is 2. The summed E-state index contributed by atoms with van der Waals surface area (Å²) in [7, 11) is -1.84. The van der Waals surface area contributed by atoms with Crippen molar-refractivity contribution in [3.8, 4) is 0 Å². The molecule has 26 heavy (non-hydrogen) atoms. The van der Waals surface area contributed by atoms with Gasteiger partial charge >= 0.3 is 0 Å². The Bertz CT molecular complexity index is 996. The monoisotopic (exact) mass is 370 g/mol. The molecular weight excluding hydrogens is 344 g/mol. The molecule has 0 aliphatic carbocycles. The van der Waals surface area contributed by atoms with Gasteiger partial charge in [0.2, 0.25) is 10.0 Å². The minimum Gasteiger partial charge on any atom is -0.361 e. The molecular formula is C21H26N2O2S. The van der Waals surface area contributed by atoms with Gasteiger partial charge in [0.05, 0.1) is 4.90 Å². The van der Waals surface area contributed by atoms with Gasteiger partial charge in [0.15, 0.2) is 0 Å². The van der Waals surface area contributed by atoms with Crippen LogP contribution in [0.4, 0.5) is 0 Å². The maximum atomic E-state index is 12.8. The third-order valence-corrected chi connectivity index (χ3v) is 6.67. The van der Waals surface area contributed by atoms with E-state index in [1.807, 2.05) is 36.5 Å². The summed E-state index contributed by atoms with van der Waals surface area (Å²) in [6.07, 6.45) is 2.63. The first-order valence-electron chi connectivity index (χ1n) is 8.81. The lowest BCUT2D eigenvalue weighted by Gasteiger charge is -2.21. The van der Waals surface area contributed by atoms with Gasteiger partial charge < -0.3 is 4.98 Å². The fraction of sp³-hybridized carbons (Fsp3) is 0.333. The summed E-state index contributed by atoms with van der Waals surface area (Å²) in [6, 6.07) is 15.3. The molecule has 1 N–H and O–H groups in total. The third kappa shape index (κ3) is 3.69. The summed E-state index contributed by atoms with van der Waals surface area (Å²) in [6.45, 7) is 6.78. The van der Waals surface area contributed by atoms with E-state index in [0.29, 0.717) is 17.9 Å². The van der Waals surface area contributed by atoms with Crippen molar-refractivity contribution >= 4 is 20.9 Å². The minimum atomic E-state index is -3.48. The van der Waals surface area contributed by atoms with E-state index in [-0.39, 0.29) is 5.41 Å². The van der Waals surface area contributed by atoms with Crippen molar-refractivity contribution in [1.29, 1.82) is 0 Å². The van der Waals surface area contributed by atoms with Crippen LogP contribution >= 0.6 is 0 Å². The highest BCUT2D eigenvalue weighted by atomic mass is 32.2. The molecule has 0 amide bonds. The Labute approximate surface area is 155 Å².